The molecule has 1 aliphatic carbocycles. The van der Waals surface area contributed by atoms with E-state index in [4.69, 9.17) is 9.47 Å². The van der Waals surface area contributed by atoms with E-state index >= 15 is 0 Å². The van der Waals surface area contributed by atoms with E-state index in [1.54, 1.807) is 0 Å². The zero-order chi connectivity index (χ0) is 17.5. The summed E-state index contributed by atoms with van der Waals surface area (Å²) in [4.78, 5) is 23.5. The zero-order valence-corrected chi connectivity index (χ0v) is 15.1. The van der Waals surface area contributed by atoms with Crippen LogP contribution in [-0.4, -0.2) is 31.1 Å². The van der Waals surface area contributed by atoms with Gasteiger partial charge in [0.2, 0.25) is 0 Å². The van der Waals surface area contributed by atoms with Gasteiger partial charge in [-0.3, -0.25) is 4.79 Å². The number of halogens is 2. The van der Waals surface area contributed by atoms with E-state index in [9.17, 15) is 14.0 Å². The maximum absolute atomic E-state index is 13.0. The SMILES string of the molecule is C[C@H]1CCCC[C@@H]1NC(=O)COC(=O)COc1ccc(F)cc1Br. The average Bonchev–Trinajstić information content (AvgIpc) is 2.54. The van der Waals surface area contributed by atoms with E-state index in [1.807, 2.05) is 0 Å². The van der Waals surface area contributed by atoms with Crippen LogP contribution in [0.15, 0.2) is 22.7 Å². The number of esters is 1. The van der Waals surface area contributed by atoms with Gasteiger partial charge in [0.05, 0.1) is 4.47 Å². The second-order valence-electron chi connectivity index (χ2n) is 5.96. The summed E-state index contributed by atoms with van der Waals surface area (Å²) in [5.41, 5.74) is 0. The molecule has 1 amide bonds. The van der Waals surface area contributed by atoms with Gasteiger partial charge >= 0.3 is 5.97 Å². The van der Waals surface area contributed by atoms with Gasteiger partial charge in [0, 0.05) is 6.04 Å². The highest BCUT2D eigenvalue weighted by atomic mass is 79.9. The fourth-order valence-electron chi connectivity index (χ4n) is 2.70. The van der Waals surface area contributed by atoms with Crippen LogP contribution < -0.4 is 10.1 Å². The van der Waals surface area contributed by atoms with Gasteiger partial charge in [0.25, 0.3) is 5.91 Å². The van der Waals surface area contributed by atoms with Crippen molar-refractivity contribution >= 4 is 27.8 Å². The highest BCUT2D eigenvalue weighted by Crippen LogP contribution is 2.25. The van der Waals surface area contributed by atoms with Crippen molar-refractivity contribution in [3.63, 3.8) is 0 Å². The summed E-state index contributed by atoms with van der Waals surface area (Å²) < 4.78 is 23.5. The first kappa shape index (κ1) is 18.7. The molecular weight excluding hydrogens is 381 g/mol. The van der Waals surface area contributed by atoms with E-state index in [0.717, 1.165) is 19.3 Å². The Kier molecular flexibility index (Phi) is 7.02. The Morgan fingerprint density at radius 1 is 1.29 bits per heavy atom. The number of hydrogen-bond donors (Lipinski definition) is 1. The quantitative estimate of drug-likeness (QED) is 0.743. The van der Waals surface area contributed by atoms with Gasteiger partial charge in [-0.25, -0.2) is 9.18 Å². The highest BCUT2D eigenvalue weighted by molar-refractivity contribution is 9.10. The number of ether oxygens (including phenoxy) is 2. The lowest BCUT2D eigenvalue weighted by Gasteiger charge is -2.29. The van der Waals surface area contributed by atoms with Gasteiger partial charge < -0.3 is 14.8 Å². The van der Waals surface area contributed by atoms with Crippen LogP contribution in [0.4, 0.5) is 4.39 Å². The molecule has 0 saturated heterocycles. The number of carbonyl (C=O) groups excluding carboxylic acids is 2. The van der Waals surface area contributed by atoms with E-state index in [-0.39, 0.29) is 25.2 Å². The lowest BCUT2D eigenvalue weighted by atomic mass is 9.86. The second kappa shape index (κ2) is 9.01. The Balaban J connectivity index is 1.69. The summed E-state index contributed by atoms with van der Waals surface area (Å²) in [5.74, 6) is -0.597. The molecule has 0 unspecified atom stereocenters. The molecule has 1 N–H and O–H groups in total. The van der Waals surface area contributed by atoms with Gasteiger partial charge in [-0.15, -0.1) is 0 Å². The minimum absolute atomic E-state index is 0.149. The largest absolute Gasteiger partial charge is 0.481 e. The Bertz CT molecular complexity index is 596. The minimum Gasteiger partial charge on any atom is -0.481 e. The third kappa shape index (κ3) is 5.78. The molecule has 24 heavy (non-hydrogen) atoms. The molecule has 1 fully saturated rings. The predicted molar refractivity (Wildman–Crippen MR) is 90.1 cm³/mol. The minimum atomic E-state index is -0.655. The van der Waals surface area contributed by atoms with Gasteiger partial charge in [0.15, 0.2) is 13.2 Å². The maximum atomic E-state index is 13.0. The monoisotopic (exact) mass is 401 g/mol. The number of amides is 1. The smallest absolute Gasteiger partial charge is 0.344 e. The van der Waals surface area contributed by atoms with Crippen molar-refractivity contribution in [2.45, 2.75) is 38.6 Å². The summed E-state index contributed by atoms with van der Waals surface area (Å²) in [5, 5.41) is 2.91. The molecule has 1 aromatic carbocycles. The van der Waals surface area contributed by atoms with Gasteiger partial charge in [-0.05, 0) is 52.9 Å². The van der Waals surface area contributed by atoms with Crippen LogP contribution in [0.3, 0.4) is 0 Å². The number of carbonyl (C=O) groups is 2. The van der Waals surface area contributed by atoms with Gasteiger partial charge in [-0.2, -0.15) is 0 Å². The summed E-state index contributed by atoms with van der Waals surface area (Å²) in [6.45, 7) is 1.44. The van der Waals surface area contributed by atoms with Crippen molar-refractivity contribution in [1.82, 2.24) is 5.32 Å². The third-order valence-corrected chi connectivity index (χ3v) is 4.68. The summed E-state index contributed by atoms with van der Waals surface area (Å²) in [7, 11) is 0. The highest BCUT2D eigenvalue weighted by Gasteiger charge is 2.23. The molecule has 132 valence electrons. The van der Waals surface area contributed by atoms with Crippen LogP contribution in [0.2, 0.25) is 0 Å². The van der Waals surface area contributed by atoms with Crippen LogP contribution in [0, 0.1) is 11.7 Å². The van der Waals surface area contributed by atoms with Crippen molar-refractivity contribution in [2.24, 2.45) is 5.92 Å². The Labute approximate surface area is 149 Å². The molecule has 0 aromatic heterocycles. The third-order valence-electron chi connectivity index (χ3n) is 4.06. The van der Waals surface area contributed by atoms with Crippen LogP contribution in [-0.2, 0) is 14.3 Å². The fraction of sp³-hybridized carbons (Fsp3) is 0.529. The number of hydrogen-bond acceptors (Lipinski definition) is 4. The molecule has 2 atom stereocenters. The first-order valence-corrected chi connectivity index (χ1v) is 8.78. The molecule has 0 radical (unpaired) electrons. The number of rotatable bonds is 6. The Morgan fingerprint density at radius 3 is 2.75 bits per heavy atom. The van der Waals surface area contributed by atoms with Crippen molar-refractivity contribution in [3.8, 4) is 5.75 Å². The molecule has 1 aromatic rings. The molecule has 1 aliphatic rings. The molecule has 0 aliphatic heterocycles. The van der Waals surface area contributed by atoms with Crippen molar-refractivity contribution < 1.29 is 23.5 Å². The summed E-state index contributed by atoms with van der Waals surface area (Å²) in [6, 6.07) is 4.02. The van der Waals surface area contributed by atoms with E-state index in [1.165, 1.54) is 24.6 Å². The standard InChI is InChI=1S/C17H21BrFNO4/c1-11-4-2-3-5-14(11)20-16(21)9-24-17(22)10-23-15-7-6-12(19)8-13(15)18/h6-8,11,14H,2-5,9-10H2,1H3,(H,20,21)/t11-,14-/m0/s1. The van der Waals surface area contributed by atoms with Crippen LogP contribution in [0.1, 0.15) is 32.6 Å². The molecule has 1 saturated carbocycles. The maximum Gasteiger partial charge on any atom is 0.344 e. The molecule has 2 rings (SSSR count). The van der Waals surface area contributed by atoms with Crippen LogP contribution >= 0.6 is 15.9 Å². The van der Waals surface area contributed by atoms with E-state index in [2.05, 4.69) is 28.2 Å². The average molecular weight is 402 g/mol. The van der Waals surface area contributed by atoms with Crippen LogP contribution in [0.5, 0.6) is 5.75 Å². The lowest BCUT2D eigenvalue weighted by molar-refractivity contribution is -0.150. The molecule has 7 heteroatoms. The lowest BCUT2D eigenvalue weighted by Crippen LogP contribution is -2.43. The van der Waals surface area contributed by atoms with Gasteiger partial charge in [-0.1, -0.05) is 19.8 Å². The molecule has 5 nitrogen and oxygen atoms in total. The first-order chi connectivity index (χ1) is 11.5. The van der Waals surface area contributed by atoms with E-state index in [0.29, 0.717) is 16.1 Å². The predicted octanol–water partition coefficient (Wildman–Crippen LogP) is 3.21. The van der Waals surface area contributed by atoms with Crippen molar-refractivity contribution in [3.05, 3.63) is 28.5 Å². The second-order valence-corrected chi connectivity index (χ2v) is 6.81. The van der Waals surface area contributed by atoms with Crippen molar-refractivity contribution in [2.75, 3.05) is 13.2 Å². The molecule has 0 heterocycles. The number of benzene rings is 1. The summed E-state index contributed by atoms with van der Waals surface area (Å²) in [6.07, 6.45) is 4.36. The first-order valence-electron chi connectivity index (χ1n) is 7.98. The topological polar surface area (TPSA) is 64.6 Å². The normalized spacial score (nSPS) is 20.3. The summed E-state index contributed by atoms with van der Waals surface area (Å²) >= 11 is 3.14. The van der Waals surface area contributed by atoms with Crippen molar-refractivity contribution in [1.29, 1.82) is 0 Å². The van der Waals surface area contributed by atoms with E-state index < -0.39 is 11.8 Å². The molecular formula is C17H21BrFNO4. The van der Waals surface area contributed by atoms with Gasteiger partial charge in [0.1, 0.15) is 11.6 Å². The Hall–Kier alpha value is -1.63. The zero-order valence-electron chi connectivity index (χ0n) is 13.5. The molecule has 0 bridgehead atoms. The number of nitrogens with one attached hydrogen (secondary N) is 1. The molecule has 0 spiro atoms. The fourth-order valence-corrected chi connectivity index (χ4v) is 3.16. The van der Waals surface area contributed by atoms with Crippen LogP contribution in [0.25, 0.3) is 0 Å². The Morgan fingerprint density at radius 2 is 2.04 bits per heavy atom.